The van der Waals surface area contributed by atoms with Crippen molar-refractivity contribution < 1.29 is 9.59 Å². The third kappa shape index (κ3) is 5.49. The van der Waals surface area contributed by atoms with Gasteiger partial charge >= 0.3 is 0 Å². The van der Waals surface area contributed by atoms with Crippen molar-refractivity contribution in [1.82, 2.24) is 25.3 Å². The molecule has 33 heavy (non-hydrogen) atoms. The van der Waals surface area contributed by atoms with Crippen LogP contribution in [0.1, 0.15) is 34.7 Å². The summed E-state index contributed by atoms with van der Waals surface area (Å²) in [5, 5.41) is 10.1. The monoisotopic (exact) mass is 445 g/mol. The third-order valence-corrected chi connectivity index (χ3v) is 6.45. The zero-order valence-corrected chi connectivity index (χ0v) is 19.2. The Balaban J connectivity index is 1.48. The van der Waals surface area contributed by atoms with Crippen molar-refractivity contribution >= 4 is 11.8 Å². The quantitative estimate of drug-likeness (QED) is 0.558. The highest BCUT2D eigenvalue weighted by molar-refractivity contribution is 5.88. The van der Waals surface area contributed by atoms with Crippen molar-refractivity contribution in [2.24, 2.45) is 7.05 Å². The van der Waals surface area contributed by atoms with Gasteiger partial charge in [-0.15, -0.1) is 0 Å². The number of amides is 2. The number of nitrogens with zero attached hydrogens (tertiary/aromatic N) is 3. The van der Waals surface area contributed by atoms with Crippen molar-refractivity contribution in [2.75, 3.05) is 19.6 Å². The molecule has 1 aromatic heterocycles. The lowest BCUT2D eigenvalue weighted by molar-refractivity contribution is -0.134. The molecule has 1 saturated heterocycles. The molecule has 7 nitrogen and oxygen atoms in total. The summed E-state index contributed by atoms with van der Waals surface area (Å²) in [6, 6.07) is 20.2. The van der Waals surface area contributed by atoms with Crippen LogP contribution in [0.5, 0.6) is 0 Å². The van der Waals surface area contributed by atoms with Crippen LogP contribution in [0.4, 0.5) is 0 Å². The van der Waals surface area contributed by atoms with Crippen LogP contribution in [-0.4, -0.2) is 52.2 Å². The maximum absolute atomic E-state index is 12.8. The minimum absolute atomic E-state index is 0.0890. The topological polar surface area (TPSA) is 79.3 Å². The Hall–Kier alpha value is -3.45. The van der Waals surface area contributed by atoms with Crippen molar-refractivity contribution in [1.29, 1.82) is 0 Å². The first-order chi connectivity index (χ1) is 16.0. The second-order valence-corrected chi connectivity index (χ2v) is 8.54. The van der Waals surface area contributed by atoms with Crippen molar-refractivity contribution in [3.8, 4) is 0 Å². The van der Waals surface area contributed by atoms with Gasteiger partial charge in [-0.3, -0.25) is 19.2 Å². The van der Waals surface area contributed by atoms with E-state index in [1.54, 1.807) is 10.9 Å². The van der Waals surface area contributed by atoms with E-state index in [2.05, 4.69) is 44.9 Å². The van der Waals surface area contributed by atoms with Crippen LogP contribution in [-0.2, 0) is 23.2 Å². The van der Waals surface area contributed by atoms with Gasteiger partial charge in [0.1, 0.15) is 0 Å². The summed E-state index contributed by atoms with van der Waals surface area (Å²) in [5.41, 5.74) is 4.39. The van der Waals surface area contributed by atoms with Crippen LogP contribution >= 0.6 is 0 Å². The number of aromatic nitrogens is 2. The summed E-state index contributed by atoms with van der Waals surface area (Å²) in [7, 11) is 1.88. The number of piperazine rings is 1. The van der Waals surface area contributed by atoms with Crippen molar-refractivity contribution in [3.05, 3.63) is 89.2 Å². The van der Waals surface area contributed by atoms with E-state index in [0.717, 1.165) is 11.3 Å². The van der Waals surface area contributed by atoms with Crippen LogP contribution in [0.25, 0.3) is 0 Å². The molecule has 1 unspecified atom stereocenters. The Kier molecular flexibility index (Phi) is 7.19. The molecule has 0 radical (unpaired) electrons. The molecule has 0 bridgehead atoms. The first-order valence-corrected chi connectivity index (χ1v) is 11.4. The van der Waals surface area contributed by atoms with E-state index in [4.69, 9.17) is 0 Å². The van der Waals surface area contributed by atoms with Gasteiger partial charge in [-0.25, -0.2) is 0 Å². The molecule has 1 atom stereocenters. The van der Waals surface area contributed by atoms with Gasteiger partial charge in [-0.05, 0) is 18.1 Å². The van der Waals surface area contributed by atoms with Crippen LogP contribution in [0.3, 0.4) is 0 Å². The summed E-state index contributed by atoms with van der Waals surface area (Å²) >= 11 is 0. The lowest BCUT2D eigenvalue weighted by Gasteiger charge is -2.37. The summed E-state index contributed by atoms with van der Waals surface area (Å²) in [5.74, 6) is -0.114. The summed E-state index contributed by atoms with van der Waals surface area (Å²) in [6.45, 7) is 4.34. The SMILES string of the molecule is Cc1c(CNC(=O)CC2C(=O)NCCN2CC(c2ccccc2)c2ccccc2)cnn1C. The smallest absolute Gasteiger partial charge is 0.237 e. The fourth-order valence-corrected chi connectivity index (χ4v) is 4.37. The van der Waals surface area contributed by atoms with Gasteiger partial charge in [-0.1, -0.05) is 60.7 Å². The maximum atomic E-state index is 12.8. The molecular weight excluding hydrogens is 414 g/mol. The zero-order valence-electron chi connectivity index (χ0n) is 19.2. The average Bonchev–Trinajstić information content (AvgIpc) is 3.16. The fourth-order valence-electron chi connectivity index (χ4n) is 4.37. The van der Waals surface area contributed by atoms with Crippen molar-refractivity contribution in [2.45, 2.75) is 31.8 Å². The summed E-state index contributed by atoms with van der Waals surface area (Å²) in [6.07, 6.45) is 1.89. The molecular formula is C26H31N5O2. The minimum Gasteiger partial charge on any atom is -0.353 e. The fraction of sp³-hybridized carbons (Fsp3) is 0.346. The van der Waals surface area contributed by atoms with Crippen LogP contribution in [0.15, 0.2) is 66.9 Å². The minimum atomic E-state index is -0.497. The van der Waals surface area contributed by atoms with Crippen LogP contribution in [0, 0.1) is 6.92 Å². The number of aryl methyl sites for hydroxylation is 1. The molecule has 3 aromatic rings. The highest BCUT2D eigenvalue weighted by Gasteiger charge is 2.33. The average molecular weight is 446 g/mol. The van der Waals surface area contributed by atoms with Crippen molar-refractivity contribution in [3.63, 3.8) is 0 Å². The first kappa shape index (κ1) is 22.7. The van der Waals surface area contributed by atoms with E-state index in [0.29, 0.717) is 26.2 Å². The second-order valence-electron chi connectivity index (χ2n) is 8.54. The maximum Gasteiger partial charge on any atom is 0.237 e. The van der Waals surface area contributed by atoms with Gasteiger partial charge in [0.25, 0.3) is 0 Å². The number of carbonyl (C=O) groups is 2. The number of hydrogen-bond donors (Lipinski definition) is 2. The van der Waals surface area contributed by atoms with E-state index in [-0.39, 0.29) is 24.2 Å². The largest absolute Gasteiger partial charge is 0.353 e. The van der Waals surface area contributed by atoms with Gasteiger partial charge in [0.15, 0.2) is 0 Å². The van der Waals surface area contributed by atoms with Crippen LogP contribution in [0.2, 0.25) is 0 Å². The van der Waals surface area contributed by atoms with Gasteiger partial charge in [0.2, 0.25) is 11.8 Å². The molecule has 2 N–H and O–H groups in total. The molecule has 4 rings (SSSR count). The molecule has 2 heterocycles. The number of hydrogen-bond acceptors (Lipinski definition) is 4. The Labute approximate surface area is 194 Å². The molecule has 1 fully saturated rings. The van der Waals surface area contributed by atoms with Gasteiger partial charge < -0.3 is 10.6 Å². The number of benzene rings is 2. The molecule has 172 valence electrons. The summed E-state index contributed by atoms with van der Waals surface area (Å²) < 4.78 is 1.78. The van der Waals surface area contributed by atoms with Gasteiger partial charge in [0.05, 0.1) is 18.7 Å². The van der Waals surface area contributed by atoms with Gasteiger partial charge in [-0.2, -0.15) is 5.10 Å². The normalized spacial score (nSPS) is 16.6. The predicted molar refractivity (Wildman–Crippen MR) is 128 cm³/mol. The van der Waals surface area contributed by atoms with Crippen LogP contribution < -0.4 is 10.6 Å². The lowest BCUT2D eigenvalue weighted by Crippen LogP contribution is -2.57. The van der Waals surface area contributed by atoms with E-state index < -0.39 is 6.04 Å². The number of rotatable bonds is 8. The first-order valence-electron chi connectivity index (χ1n) is 11.4. The number of carbonyl (C=O) groups excluding carboxylic acids is 2. The van der Waals surface area contributed by atoms with E-state index in [9.17, 15) is 9.59 Å². The van der Waals surface area contributed by atoms with E-state index >= 15 is 0 Å². The molecule has 0 aliphatic carbocycles. The molecule has 2 aromatic carbocycles. The Morgan fingerprint density at radius 1 is 1.12 bits per heavy atom. The molecule has 2 amide bonds. The third-order valence-electron chi connectivity index (χ3n) is 6.45. The summed E-state index contributed by atoms with van der Waals surface area (Å²) in [4.78, 5) is 27.7. The molecule has 7 heteroatoms. The standard InChI is InChI=1S/C26H31N5O2/c1-19-22(17-29-30(19)2)16-28-25(32)15-24-26(33)27-13-14-31(24)18-23(20-9-5-3-6-10-20)21-11-7-4-8-12-21/h3-12,17,23-24H,13-16,18H2,1-2H3,(H,27,33)(H,28,32). The number of nitrogens with one attached hydrogen (secondary N) is 2. The highest BCUT2D eigenvalue weighted by atomic mass is 16.2. The van der Waals surface area contributed by atoms with Gasteiger partial charge in [0, 0.05) is 50.4 Å². The molecule has 1 aliphatic heterocycles. The van der Waals surface area contributed by atoms with E-state index in [1.165, 1.54) is 11.1 Å². The molecule has 1 aliphatic rings. The van der Waals surface area contributed by atoms with E-state index in [1.807, 2.05) is 50.4 Å². The highest BCUT2D eigenvalue weighted by Crippen LogP contribution is 2.27. The second kappa shape index (κ2) is 10.4. The predicted octanol–water partition coefficient (Wildman–Crippen LogP) is 2.37. The zero-order chi connectivity index (χ0) is 23.2. The Morgan fingerprint density at radius 2 is 1.76 bits per heavy atom. The molecule has 0 saturated carbocycles. The Bertz CT molecular complexity index is 1040. The lowest BCUT2D eigenvalue weighted by atomic mass is 9.90. The Morgan fingerprint density at radius 3 is 2.33 bits per heavy atom. The molecule has 0 spiro atoms.